The van der Waals surface area contributed by atoms with Gasteiger partial charge in [-0.25, -0.2) is 4.79 Å². The highest BCUT2D eigenvalue weighted by atomic mass is 32.2. The van der Waals surface area contributed by atoms with E-state index in [1.54, 1.807) is 28.4 Å². The molecule has 1 aromatic carbocycles. The van der Waals surface area contributed by atoms with Crippen molar-refractivity contribution in [1.29, 1.82) is 0 Å². The lowest BCUT2D eigenvalue weighted by Crippen LogP contribution is -2.63. The number of methoxy groups -OCH3 is 1. The number of nitrogens with zero attached hydrogens (tertiary/aromatic N) is 1. The summed E-state index contributed by atoms with van der Waals surface area (Å²) in [6.45, 7) is 7.90. The number of hydrogen-bond acceptors (Lipinski definition) is 9. The Morgan fingerprint density at radius 1 is 1.16 bits per heavy atom. The largest absolute Gasteiger partial charge is 0.513 e. The van der Waals surface area contributed by atoms with Crippen molar-refractivity contribution >= 4 is 37.9 Å². The SMILES string of the molecule is C=C[C@H]1CN2C(SC(CC)[Si](OC)(OC)OC)CC1C[C@H]2[C@H](OC(=O)NC1CCCCC1)C1=CCNc2ccc(OC)cc21. The fourth-order valence-corrected chi connectivity index (χ4v) is 12.8. The molecule has 4 fully saturated rings. The maximum Gasteiger partial charge on any atom is 0.513 e. The molecule has 1 saturated carbocycles. The number of hydrogen-bond donors (Lipinski definition) is 2. The predicted octanol–water partition coefficient (Wildman–Crippen LogP) is 6.08. The molecule has 11 heteroatoms. The van der Waals surface area contributed by atoms with Crippen LogP contribution in [0.3, 0.4) is 0 Å². The van der Waals surface area contributed by atoms with Crippen molar-refractivity contribution in [1.82, 2.24) is 10.2 Å². The fraction of sp³-hybridized carbons (Fsp3) is 0.667. The summed E-state index contributed by atoms with van der Waals surface area (Å²) in [4.78, 5) is 16.3. The number of ether oxygens (including phenoxy) is 2. The second-order valence-electron chi connectivity index (χ2n) is 12.4. The maximum absolute atomic E-state index is 13.6. The van der Waals surface area contributed by atoms with Crippen LogP contribution in [0.15, 0.2) is 36.9 Å². The zero-order valence-corrected chi connectivity index (χ0v) is 28.8. The standard InChI is InChI=1S/C33H51N3O6SSi/c1-7-22-21-36-29(18-23(22)19-30(36)43-31(8-2)44(39-4,40-5)41-6)32(42-33(37)35-24-12-10-9-11-13-24)26-16-17-34-28-15-14-25(38-3)20-27(26)28/h7,14-16,20,22-24,29-32,34H,1,8-13,17-19,21H2,2-6H3,(H,35,37)/t22-,23?,29-,30?,31?,32+/m0/s1. The molecule has 5 aliphatic rings. The molecule has 1 amide bonds. The summed E-state index contributed by atoms with van der Waals surface area (Å²) in [5, 5.41) is 6.91. The summed E-state index contributed by atoms with van der Waals surface area (Å²) < 4.78 is 30.0. The second-order valence-corrected chi connectivity index (χ2v) is 17.3. The van der Waals surface area contributed by atoms with Gasteiger partial charge in [0.15, 0.2) is 0 Å². The van der Waals surface area contributed by atoms with Crippen LogP contribution in [0.5, 0.6) is 5.75 Å². The summed E-state index contributed by atoms with van der Waals surface area (Å²) in [6, 6.07) is 6.25. The Hall–Kier alpha value is -2.02. The predicted molar refractivity (Wildman–Crippen MR) is 179 cm³/mol. The summed E-state index contributed by atoms with van der Waals surface area (Å²) in [6.07, 6.45) is 11.9. The molecule has 2 bridgehead atoms. The van der Waals surface area contributed by atoms with E-state index in [0.717, 1.165) is 74.1 Å². The Kier molecular flexibility index (Phi) is 11.4. The van der Waals surface area contributed by atoms with Crippen molar-refractivity contribution < 1.29 is 27.5 Å². The van der Waals surface area contributed by atoms with Crippen LogP contribution in [0.2, 0.25) is 0 Å². The van der Waals surface area contributed by atoms with Crippen molar-refractivity contribution in [2.45, 2.75) is 86.7 Å². The number of anilines is 1. The number of nitrogens with one attached hydrogen (secondary N) is 2. The van der Waals surface area contributed by atoms with Gasteiger partial charge in [-0.05, 0) is 62.1 Å². The van der Waals surface area contributed by atoms with Crippen molar-refractivity contribution in [3.8, 4) is 5.75 Å². The Morgan fingerprint density at radius 2 is 1.91 bits per heavy atom. The van der Waals surface area contributed by atoms with Crippen molar-refractivity contribution in [2.24, 2.45) is 11.8 Å². The average Bonchev–Trinajstić information content (AvgIpc) is 3.07. The molecule has 3 saturated heterocycles. The first-order valence-corrected chi connectivity index (χ1v) is 18.9. The third-order valence-electron chi connectivity index (χ3n) is 10.1. The average molecular weight is 646 g/mol. The lowest BCUT2D eigenvalue weighted by atomic mass is 9.72. The molecular weight excluding hydrogens is 595 g/mol. The molecule has 1 aliphatic carbocycles. The number of piperidine rings is 3. The molecule has 1 aromatic rings. The van der Waals surface area contributed by atoms with Gasteiger partial charge < -0.3 is 33.4 Å². The summed E-state index contributed by atoms with van der Waals surface area (Å²) in [7, 11) is 3.87. The first-order chi connectivity index (χ1) is 21.4. The molecular formula is C33H51N3O6SSi. The summed E-state index contributed by atoms with van der Waals surface area (Å²) in [5.74, 6) is 1.60. The van der Waals surface area contributed by atoms with Crippen LogP contribution >= 0.6 is 11.8 Å². The van der Waals surface area contributed by atoms with Gasteiger partial charge in [-0.1, -0.05) is 38.3 Å². The van der Waals surface area contributed by atoms with Gasteiger partial charge in [0.1, 0.15) is 11.9 Å². The molecule has 244 valence electrons. The molecule has 44 heavy (non-hydrogen) atoms. The maximum atomic E-state index is 13.6. The zero-order valence-electron chi connectivity index (χ0n) is 27.0. The van der Waals surface area contributed by atoms with E-state index >= 15 is 0 Å². The van der Waals surface area contributed by atoms with Gasteiger partial charge in [0, 0.05) is 57.3 Å². The van der Waals surface area contributed by atoms with Gasteiger partial charge in [-0.2, -0.15) is 0 Å². The van der Waals surface area contributed by atoms with Crippen LogP contribution in [-0.2, 0) is 18.0 Å². The van der Waals surface area contributed by atoms with Crippen LogP contribution in [0.25, 0.3) is 5.57 Å². The van der Waals surface area contributed by atoms with Gasteiger partial charge in [-0.3, -0.25) is 4.90 Å². The lowest BCUT2D eigenvalue weighted by Gasteiger charge is -2.56. The second kappa shape index (κ2) is 15.0. The highest BCUT2D eigenvalue weighted by Gasteiger charge is 2.53. The monoisotopic (exact) mass is 645 g/mol. The lowest BCUT2D eigenvalue weighted by molar-refractivity contribution is -0.0413. The Bertz CT molecular complexity index is 1170. The minimum absolute atomic E-state index is 0.00386. The van der Waals surface area contributed by atoms with Gasteiger partial charge in [0.05, 0.1) is 23.4 Å². The molecule has 4 unspecified atom stereocenters. The van der Waals surface area contributed by atoms with Crippen molar-refractivity contribution in [2.75, 3.05) is 46.8 Å². The fourth-order valence-electron chi connectivity index (χ4n) is 7.71. The molecule has 0 spiro atoms. The molecule has 2 N–H and O–H groups in total. The summed E-state index contributed by atoms with van der Waals surface area (Å²) in [5.41, 5.74) is 3.08. The van der Waals surface area contributed by atoms with E-state index in [2.05, 4.69) is 53.3 Å². The Morgan fingerprint density at radius 3 is 2.55 bits per heavy atom. The molecule has 0 aromatic heterocycles. The highest BCUT2D eigenvalue weighted by molar-refractivity contribution is 8.02. The van der Waals surface area contributed by atoms with Gasteiger partial charge in [0.2, 0.25) is 0 Å². The summed E-state index contributed by atoms with van der Waals surface area (Å²) >= 11 is 1.90. The first kappa shape index (κ1) is 33.3. The number of amides is 1. The molecule has 9 nitrogen and oxygen atoms in total. The molecule has 4 aliphatic heterocycles. The number of fused-ring (bicyclic) bond motifs is 4. The molecule has 0 radical (unpaired) electrons. The number of rotatable bonds is 13. The van der Waals surface area contributed by atoms with E-state index < -0.39 is 14.9 Å². The van der Waals surface area contributed by atoms with E-state index in [9.17, 15) is 4.79 Å². The van der Waals surface area contributed by atoms with Crippen LogP contribution in [0.1, 0.15) is 63.9 Å². The van der Waals surface area contributed by atoms with Crippen LogP contribution in [-0.4, -0.2) is 89.8 Å². The molecule has 6 rings (SSSR count). The molecule has 7 atom stereocenters. The Labute approximate surface area is 268 Å². The van der Waals surface area contributed by atoms with E-state index in [-0.39, 0.29) is 28.4 Å². The van der Waals surface area contributed by atoms with E-state index in [1.807, 2.05) is 17.8 Å². The topological polar surface area (TPSA) is 90.5 Å². The zero-order chi connectivity index (χ0) is 31.3. The normalized spacial score (nSPS) is 28.2. The number of benzene rings is 1. The minimum atomic E-state index is -2.89. The number of carbonyl (C=O) groups is 1. The van der Waals surface area contributed by atoms with E-state index in [1.165, 1.54) is 6.42 Å². The van der Waals surface area contributed by atoms with E-state index in [4.69, 9.17) is 22.8 Å². The Balaban J connectivity index is 1.48. The van der Waals surface area contributed by atoms with Crippen LogP contribution < -0.4 is 15.4 Å². The third kappa shape index (κ3) is 6.88. The van der Waals surface area contributed by atoms with Gasteiger partial charge >= 0.3 is 14.9 Å². The minimum Gasteiger partial charge on any atom is -0.497 e. The quantitative estimate of drug-likeness (QED) is 0.196. The molecule has 4 heterocycles. The van der Waals surface area contributed by atoms with Gasteiger partial charge in [-0.15, -0.1) is 18.3 Å². The van der Waals surface area contributed by atoms with Crippen molar-refractivity contribution in [3.63, 3.8) is 0 Å². The van der Waals surface area contributed by atoms with E-state index in [0.29, 0.717) is 18.4 Å². The highest BCUT2D eigenvalue weighted by Crippen LogP contribution is 2.49. The smallest absolute Gasteiger partial charge is 0.497 e. The number of carbonyl (C=O) groups excluding carboxylic acids is 1. The number of alkyl carbamates (subject to hydrolysis) is 1. The van der Waals surface area contributed by atoms with Crippen LogP contribution in [0, 0.1) is 11.8 Å². The first-order valence-electron chi connectivity index (χ1n) is 16.2. The third-order valence-corrected chi connectivity index (χ3v) is 15.7. The number of thioether (sulfide) groups is 1. The van der Waals surface area contributed by atoms with Crippen LogP contribution in [0.4, 0.5) is 10.5 Å². The van der Waals surface area contributed by atoms with Gasteiger partial charge in [0.25, 0.3) is 0 Å². The van der Waals surface area contributed by atoms with Crippen molar-refractivity contribution in [3.05, 3.63) is 42.5 Å².